The molecular weight excluding hydrogens is 356 g/mol. The fraction of sp³-hybridized carbons (Fsp3) is 0.300. The second kappa shape index (κ2) is 6.74. The van der Waals surface area contributed by atoms with E-state index in [0.717, 1.165) is 27.8 Å². The van der Waals surface area contributed by atoms with E-state index in [2.05, 4.69) is 53.5 Å². The van der Waals surface area contributed by atoms with Crippen molar-refractivity contribution in [3.05, 3.63) is 58.8 Å². The molecule has 0 fully saturated rings. The molecule has 1 unspecified atom stereocenters. The van der Waals surface area contributed by atoms with Gasteiger partial charge in [0, 0.05) is 22.4 Å². The molecule has 0 aliphatic heterocycles. The molecule has 1 aromatic carbocycles. The van der Waals surface area contributed by atoms with Crippen LogP contribution in [0.4, 0.5) is 5.82 Å². The first-order valence-electron chi connectivity index (χ1n) is 8.90. The van der Waals surface area contributed by atoms with Crippen molar-refractivity contribution in [1.82, 2.24) is 24.6 Å². The fourth-order valence-corrected chi connectivity index (χ4v) is 3.84. The van der Waals surface area contributed by atoms with E-state index in [1.165, 1.54) is 6.33 Å². The second-order valence-corrected chi connectivity index (χ2v) is 8.44. The average Bonchev–Trinajstić information content (AvgIpc) is 3.31. The molecule has 7 heteroatoms. The van der Waals surface area contributed by atoms with Gasteiger partial charge in [-0.05, 0) is 6.92 Å². The molecule has 0 aliphatic rings. The maximum Gasteiger partial charge on any atom is 0.254 e. The Labute approximate surface area is 162 Å². The zero-order valence-electron chi connectivity index (χ0n) is 15.8. The van der Waals surface area contributed by atoms with E-state index in [1.54, 1.807) is 15.9 Å². The Hall–Kier alpha value is -2.80. The van der Waals surface area contributed by atoms with Crippen molar-refractivity contribution in [3.63, 3.8) is 0 Å². The third-order valence-electron chi connectivity index (χ3n) is 4.35. The Morgan fingerprint density at radius 3 is 2.59 bits per heavy atom. The molecular formula is C20H22N6S. The summed E-state index contributed by atoms with van der Waals surface area (Å²) < 4.78 is 1.72. The Kier molecular flexibility index (Phi) is 4.39. The molecule has 0 amide bonds. The van der Waals surface area contributed by atoms with Gasteiger partial charge in [-0.1, -0.05) is 51.1 Å². The van der Waals surface area contributed by atoms with Gasteiger partial charge in [0.15, 0.2) is 0 Å². The average molecular weight is 379 g/mol. The highest BCUT2D eigenvalue weighted by Gasteiger charge is 2.20. The zero-order chi connectivity index (χ0) is 19.0. The summed E-state index contributed by atoms with van der Waals surface area (Å²) in [5.74, 6) is 1.41. The summed E-state index contributed by atoms with van der Waals surface area (Å²) in [6.07, 6.45) is 1.52. The Morgan fingerprint density at radius 2 is 1.89 bits per heavy atom. The quantitative estimate of drug-likeness (QED) is 0.556. The second-order valence-electron chi connectivity index (χ2n) is 7.55. The van der Waals surface area contributed by atoms with Gasteiger partial charge in [-0.3, -0.25) is 0 Å². The predicted molar refractivity (Wildman–Crippen MR) is 109 cm³/mol. The molecule has 3 heterocycles. The monoisotopic (exact) mass is 378 g/mol. The summed E-state index contributed by atoms with van der Waals surface area (Å²) in [4.78, 5) is 13.7. The van der Waals surface area contributed by atoms with E-state index in [4.69, 9.17) is 4.98 Å². The topological polar surface area (TPSA) is 68.0 Å². The Bertz CT molecular complexity index is 1060. The van der Waals surface area contributed by atoms with Crippen molar-refractivity contribution in [1.29, 1.82) is 0 Å². The fourth-order valence-electron chi connectivity index (χ4n) is 2.79. The van der Waals surface area contributed by atoms with Gasteiger partial charge in [0.25, 0.3) is 5.78 Å². The number of anilines is 1. The first-order valence-corrected chi connectivity index (χ1v) is 9.78. The van der Waals surface area contributed by atoms with E-state index < -0.39 is 0 Å². The van der Waals surface area contributed by atoms with Gasteiger partial charge >= 0.3 is 0 Å². The summed E-state index contributed by atoms with van der Waals surface area (Å²) >= 11 is 1.68. The summed E-state index contributed by atoms with van der Waals surface area (Å²) in [7, 11) is 0. The van der Waals surface area contributed by atoms with Crippen molar-refractivity contribution in [2.45, 2.75) is 39.2 Å². The number of rotatable bonds is 4. The van der Waals surface area contributed by atoms with Crippen LogP contribution in [0.15, 0.2) is 48.1 Å². The number of aromatic nitrogens is 5. The van der Waals surface area contributed by atoms with Crippen LogP contribution in [0.3, 0.4) is 0 Å². The lowest BCUT2D eigenvalue weighted by atomic mass is 9.93. The molecule has 0 aliphatic carbocycles. The number of fused-ring (bicyclic) bond motifs is 1. The van der Waals surface area contributed by atoms with Crippen LogP contribution < -0.4 is 5.32 Å². The molecule has 3 aromatic heterocycles. The third-order valence-corrected chi connectivity index (χ3v) is 5.37. The number of nitrogens with one attached hydrogen (secondary N) is 1. The van der Waals surface area contributed by atoms with Gasteiger partial charge < -0.3 is 5.32 Å². The molecule has 138 valence electrons. The van der Waals surface area contributed by atoms with Crippen molar-refractivity contribution in [2.24, 2.45) is 0 Å². The number of nitrogens with zero attached hydrogens (tertiary/aromatic N) is 5. The first-order chi connectivity index (χ1) is 12.9. The van der Waals surface area contributed by atoms with Crippen LogP contribution in [0, 0.1) is 0 Å². The van der Waals surface area contributed by atoms with Crippen LogP contribution in [-0.2, 0) is 5.41 Å². The molecule has 4 rings (SSSR count). The van der Waals surface area contributed by atoms with Gasteiger partial charge in [0.2, 0.25) is 0 Å². The molecule has 0 saturated heterocycles. The van der Waals surface area contributed by atoms with Crippen LogP contribution in [0.25, 0.3) is 17.0 Å². The van der Waals surface area contributed by atoms with Gasteiger partial charge in [0.05, 0.1) is 17.4 Å². The lowest BCUT2D eigenvalue weighted by molar-refractivity contribution is 0.569. The summed E-state index contributed by atoms with van der Waals surface area (Å²) in [5, 5.41) is 11.0. The van der Waals surface area contributed by atoms with Crippen molar-refractivity contribution >= 4 is 22.9 Å². The van der Waals surface area contributed by atoms with E-state index in [0.29, 0.717) is 5.78 Å². The minimum absolute atomic E-state index is 0.0459. The van der Waals surface area contributed by atoms with Crippen molar-refractivity contribution in [2.75, 3.05) is 5.32 Å². The largest absolute Gasteiger partial charge is 0.361 e. The van der Waals surface area contributed by atoms with Crippen LogP contribution in [0.1, 0.15) is 44.4 Å². The first kappa shape index (κ1) is 17.6. The number of hydrogen-bond donors (Lipinski definition) is 1. The van der Waals surface area contributed by atoms with Crippen molar-refractivity contribution in [3.8, 4) is 11.3 Å². The van der Waals surface area contributed by atoms with Gasteiger partial charge in [-0.2, -0.15) is 14.6 Å². The summed E-state index contributed by atoms with van der Waals surface area (Å²) in [6.45, 7) is 8.64. The molecule has 1 N–H and O–H groups in total. The molecule has 0 spiro atoms. The van der Waals surface area contributed by atoms with Crippen LogP contribution in [0.5, 0.6) is 0 Å². The maximum absolute atomic E-state index is 4.82. The lowest BCUT2D eigenvalue weighted by Gasteiger charge is -2.16. The Balaban J connectivity index is 1.69. The molecule has 4 aromatic rings. The summed E-state index contributed by atoms with van der Waals surface area (Å²) in [5.41, 5.74) is 3.06. The highest BCUT2D eigenvalue weighted by molar-refractivity contribution is 7.09. The summed E-state index contributed by atoms with van der Waals surface area (Å²) in [6, 6.07) is 12.1. The highest BCUT2D eigenvalue weighted by atomic mass is 32.1. The van der Waals surface area contributed by atoms with Gasteiger partial charge in [-0.15, -0.1) is 11.3 Å². The molecule has 1 atom stereocenters. The number of hydrogen-bond acceptors (Lipinski definition) is 6. The van der Waals surface area contributed by atoms with Gasteiger partial charge in [-0.25, -0.2) is 9.97 Å². The lowest BCUT2D eigenvalue weighted by Crippen LogP contribution is -2.14. The number of benzene rings is 1. The van der Waals surface area contributed by atoms with E-state index in [-0.39, 0.29) is 11.5 Å². The molecule has 6 nitrogen and oxygen atoms in total. The highest BCUT2D eigenvalue weighted by Crippen LogP contribution is 2.29. The SMILES string of the molecule is CC(Nc1cc(-c2ccccc2)nc2ncnn12)c1nc(C(C)(C)C)cs1. The zero-order valence-corrected chi connectivity index (χ0v) is 16.7. The third kappa shape index (κ3) is 3.55. The molecule has 0 bridgehead atoms. The number of thiazole rings is 1. The van der Waals surface area contributed by atoms with E-state index in [9.17, 15) is 0 Å². The van der Waals surface area contributed by atoms with Crippen LogP contribution in [0.2, 0.25) is 0 Å². The van der Waals surface area contributed by atoms with Crippen molar-refractivity contribution < 1.29 is 0 Å². The maximum atomic E-state index is 4.82. The molecule has 0 saturated carbocycles. The Morgan fingerprint density at radius 1 is 1.11 bits per heavy atom. The predicted octanol–water partition coefficient (Wildman–Crippen LogP) is 4.72. The van der Waals surface area contributed by atoms with E-state index >= 15 is 0 Å². The standard InChI is InChI=1S/C20H22N6S/c1-13(18-25-16(11-27-18)20(2,3)4)23-17-10-15(14-8-6-5-7-9-14)24-19-21-12-22-26(17)19/h5-13,23H,1-4H3. The van der Waals surface area contributed by atoms with Gasteiger partial charge in [0.1, 0.15) is 17.2 Å². The minimum atomic E-state index is 0.0459. The minimum Gasteiger partial charge on any atom is -0.361 e. The van der Waals surface area contributed by atoms with E-state index in [1.807, 2.05) is 36.4 Å². The molecule has 27 heavy (non-hydrogen) atoms. The molecule has 0 radical (unpaired) electrons. The normalized spacial score (nSPS) is 13.0. The van der Waals surface area contributed by atoms with Crippen LogP contribution >= 0.6 is 11.3 Å². The van der Waals surface area contributed by atoms with Crippen LogP contribution in [-0.4, -0.2) is 24.6 Å². The smallest absolute Gasteiger partial charge is 0.254 e.